The van der Waals surface area contributed by atoms with Crippen LogP contribution in [0.1, 0.15) is 40.6 Å². The van der Waals surface area contributed by atoms with Gasteiger partial charge in [0.25, 0.3) is 0 Å². The van der Waals surface area contributed by atoms with Gasteiger partial charge in [-0.15, -0.1) is 11.3 Å². The Balaban J connectivity index is 2.29. The molecular weight excluding hydrogens is 252 g/mol. The first-order valence-electron chi connectivity index (χ1n) is 5.47. The molecule has 2 aromatic rings. The second-order valence-corrected chi connectivity index (χ2v) is 5.53. The highest BCUT2D eigenvalue weighted by atomic mass is 35.5. The lowest BCUT2D eigenvalue weighted by atomic mass is 10.0. The zero-order chi connectivity index (χ0) is 12.4. The topological polar surface area (TPSA) is 17.1 Å². The number of hydrogen-bond donors (Lipinski definition) is 0. The summed E-state index contributed by atoms with van der Waals surface area (Å²) in [6.07, 6.45) is 0. The molecule has 1 aromatic heterocycles. The Morgan fingerprint density at radius 1 is 1.18 bits per heavy atom. The van der Waals surface area contributed by atoms with Crippen LogP contribution in [0.25, 0.3) is 0 Å². The third-order valence-electron chi connectivity index (χ3n) is 2.66. The zero-order valence-corrected chi connectivity index (χ0v) is 11.3. The van der Waals surface area contributed by atoms with Crippen LogP contribution >= 0.6 is 22.9 Å². The van der Waals surface area contributed by atoms with Crippen LogP contribution in [0.3, 0.4) is 0 Å². The normalized spacial score (nSPS) is 10.8. The van der Waals surface area contributed by atoms with Crippen LogP contribution in [0.4, 0.5) is 0 Å². The molecule has 0 atom stereocenters. The van der Waals surface area contributed by atoms with E-state index in [2.05, 4.69) is 13.8 Å². The Bertz CT molecular complexity index is 525. The SMILES string of the molecule is CC(C)c1ccc(C(=O)c2sccc2Cl)cc1. The van der Waals surface area contributed by atoms with Gasteiger partial charge in [0, 0.05) is 5.56 Å². The molecule has 0 N–H and O–H groups in total. The molecule has 0 unspecified atom stereocenters. The van der Waals surface area contributed by atoms with Gasteiger partial charge in [-0.3, -0.25) is 4.79 Å². The van der Waals surface area contributed by atoms with Crippen molar-refractivity contribution in [2.75, 3.05) is 0 Å². The van der Waals surface area contributed by atoms with Gasteiger partial charge in [-0.1, -0.05) is 49.7 Å². The minimum Gasteiger partial charge on any atom is -0.288 e. The van der Waals surface area contributed by atoms with E-state index >= 15 is 0 Å². The number of benzene rings is 1. The quantitative estimate of drug-likeness (QED) is 0.731. The summed E-state index contributed by atoms with van der Waals surface area (Å²) in [6, 6.07) is 9.49. The van der Waals surface area contributed by atoms with Gasteiger partial charge in [0.15, 0.2) is 0 Å². The molecule has 0 amide bonds. The number of rotatable bonds is 3. The van der Waals surface area contributed by atoms with Crippen molar-refractivity contribution in [3.63, 3.8) is 0 Å². The Labute approximate surface area is 110 Å². The van der Waals surface area contributed by atoms with Crippen molar-refractivity contribution in [3.8, 4) is 0 Å². The van der Waals surface area contributed by atoms with Crippen LogP contribution in [0.5, 0.6) is 0 Å². The summed E-state index contributed by atoms with van der Waals surface area (Å²) >= 11 is 7.34. The van der Waals surface area contributed by atoms with E-state index in [4.69, 9.17) is 11.6 Å². The van der Waals surface area contributed by atoms with Crippen molar-refractivity contribution in [2.24, 2.45) is 0 Å². The van der Waals surface area contributed by atoms with Gasteiger partial charge in [0.2, 0.25) is 5.78 Å². The molecule has 2 rings (SSSR count). The molecular formula is C14H13ClOS. The van der Waals surface area contributed by atoms with E-state index in [0.29, 0.717) is 21.4 Å². The van der Waals surface area contributed by atoms with Crippen LogP contribution in [-0.4, -0.2) is 5.78 Å². The first-order valence-corrected chi connectivity index (χ1v) is 6.73. The van der Waals surface area contributed by atoms with E-state index in [0.717, 1.165) is 0 Å². The van der Waals surface area contributed by atoms with Gasteiger partial charge >= 0.3 is 0 Å². The average Bonchev–Trinajstić information content (AvgIpc) is 2.74. The lowest BCUT2D eigenvalue weighted by Crippen LogP contribution is -1.99. The molecule has 88 valence electrons. The first kappa shape index (κ1) is 12.3. The van der Waals surface area contributed by atoms with Gasteiger partial charge in [0.1, 0.15) is 0 Å². The predicted molar refractivity (Wildman–Crippen MR) is 73.3 cm³/mol. The maximum atomic E-state index is 12.1. The van der Waals surface area contributed by atoms with Crippen LogP contribution in [0.15, 0.2) is 35.7 Å². The Morgan fingerprint density at radius 2 is 1.82 bits per heavy atom. The molecule has 0 aliphatic rings. The Morgan fingerprint density at radius 3 is 2.29 bits per heavy atom. The second kappa shape index (κ2) is 5.03. The minimum atomic E-state index is 0.000283. The fourth-order valence-electron chi connectivity index (χ4n) is 1.61. The predicted octanol–water partition coefficient (Wildman–Crippen LogP) is 4.76. The summed E-state index contributed by atoms with van der Waals surface area (Å²) in [4.78, 5) is 12.8. The average molecular weight is 265 g/mol. The first-order chi connectivity index (χ1) is 8.09. The number of hydrogen-bond acceptors (Lipinski definition) is 2. The standard InChI is InChI=1S/C14H13ClOS/c1-9(2)10-3-5-11(6-4-10)13(16)14-12(15)7-8-17-14/h3-9H,1-2H3. The highest BCUT2D eigenvalue weighted by molar-refractivity contribution is 7.13. The molecule has 1 heterocycles. The highest BCUT2D eigenvalue weighted by Crippen LogP contribution is 2.25. The van der Waals surface area contributed by atoms with Gasteiger partial charge in [-0.05, 0) is 22.9 Å². The molecule has 0 aliphatic heterocycles. The number of halogens is 1. The summed E-state index contributed by atoms with van der Waals surface area (Å²) < 4.78 is 0. The van der Waals surface area contributed by atoms with Gasteiger partial charge < -0.3 is 0 Å². The van der Waals surface area contributed by atoms with E-state index in [-0.39, 0.29) is 5.78 Å². The highest BCUT2D eigenvalue weighted by Gasteiger charge is 2.14. The summed E-state index contributed by atoms with van der Waals surface area (Å²) in [5.74, 6) is 0.477. The molecule has 0 aliphatic carbocycles. The summed E-state index contributed by atoms with van der Waals surface area (Å²) in [6.45, 7) is 4.26. The van der Waals surface area contributed by atoms with Gasteiger partial charge in [-0.2, -0.15) is 0 Å². The number of carbonyl (C=O) groups is 1. The third kappa shape index (κ3) is 2.59. The van der Waals surface area contributed by atoms with E-state index in [1.165, 1.54) is 16.9 Å². The summed E-state index contributed by atoms with van der Waals surface area (Å²) in [5, 5.41) is 2.37. The maximum Gasteiger partial charge on any atom is 0.204 e. The van der Waals surface area contributed by atoms with E-state index in [9.17, 15) is 4.79 Å². The molecule has 1 aromatic carbocycles. The molecule has 0 bridgehead atoms. The maximum absolute atomic E-state index is 12.1. The van der Waals surface area contributed by atoms with Crippen LogP contribution < -0.4 is 0 Å². The molecule has 1 nitrogen and oxygen atoms in total. The molecule has 0 saturated heterocycles. The van der Waals surface area contributed by atoms with Crippen molar-refractivity contribution < 1.29 is 4.79 Å². The molecule has 17 heavy (non-hydrogen) atoms. The van der Waals surface area contributed by atoms with Gasteiger partial charge in [-0.25, -0.2) is 0 Å². The van der Waals surface area contributed by atoms with E-state index in [1.54, 1.807) is 6.07 Å². The van der Waals surface area contributed by atoms with E-state index in [1.807, 2.05) is 29.6 Å². The Kier molecular flexibility index (Phi) is 3.65. The summed E-state index contributed by atoms with van der Waals surface area (Å²) in [5.41, 5.74) is 1.93. The molecule has 0 radical (unpaired) electrons. The van der Waals surface area contributed by atoms with Gasteiger partial charge in [0.05, 0.1) is 9.90 Å². The minimum absolute atomic E-state index is 0.000283. The third-order valence-corrected chi connectivity index (χ3v) is 4.00. The van der Waals surface area contributed by atoms with Crippen molar-refractivity contribution in [1.82, 2.24) is 0 Å². The molecule has 0 fully saturated rings. The molecule has 0 saturated carbocycles. The lowest BCUT2D eigenvalue weighted by Gasteiger charge is -2.05. The zero-order valence-electron chi connectivity index (χ0n) is 9.74. The smallest absolute Gasteiger partial charge is 0.204 e. The van der Waals surface area contributed by atoms with Crippen LogP contribution in [-0.2, 0) is 0 Å². The largest absolute Gasteiger partial charge is 0.288 e. The van der Waals surface area contributed by atoms with Crippen LogP contribution in [0.2, 0.25) is 5.02 Å². The fraction of sp³-hybridized carbons (Fsp3) is 0.214. The summed E-state index contributed by atoms with van der Waals surface area (Å²) in [7, 11) is 0. The van der Waals surface area contributed by atoms with E-state index < -0.39 is 0 Å². The second-order valence-electron chi connectivity index (χ2n) is 4.20. The number of ketones is 1. The number of carbonyl (C=O) groups excluding carboxylic acids is 1. The lowest BCUT2D eigenvalue weighted by molar-refractivity contribution is 0.104. The molecule has 3 heteroatoms. The van der Waals surface area contributed by atoms with Crippen molar-refractivity contribution in [1.29, 1.82) is 0 Å². The Hall–Kier alpha value is -1.12. The van der Waals surface area contributed by atoms with Crippen molar-refractivity contribution in [3.05, 3.63) is 56.7 Å². The van der Waals surface area contributed by atoms with Crippen LogP contribution in [0, 0.1) is 0 Å². The number of thiophene rings is 1. The monoisotopic (exact) mass is 264 g/mol. The fourth-order valence-corrected chi connectivity index (χ4v) is 2.71. The van der Waals surface area contributed by atoms with Crippen molar-refractivity contribution in [2.45, 2.75) is 19.8 Å². The molecule has 0 spiro atoms. The van der Waals surface area contributed by atoms with Crippen molar-refractivity contribution >= 4 is 28.7 Å².